The van der Waals surface area contributed by atoms with Gasteiger partial charge in [0.1, 0.15) is 5.82 Å². The number of halogens is 4. The van der Waals surface area contributed by atoms with E-state index in [2.05, 4.69) is 0 Å². The zero-order valence-corrected chi connectivity index (χ0v) is 12.4. The van der Waals surface area contributed by atoms with E-state index >= 15 is 0 Å². The molecule has 2 rings (SSSR count). The van der Waals surface area contributed by atoms with Crippen molar-refractivity contribution in [3.05, 3.63) is 30.1 Å². The second-order valence-electron chi connectivity index (χ2n) is 4.36. The minimum absolute atomic E-state index is 0.137. The molecular weight excluding hydrogens is 314 g/mol. The molecule has 0 aliphatic carbocycles. The second kappa shape index (κ2) is 5.35. The van der Waals surface area contributed by atoms with E-state index in [0.717, 1.165) is 0 Å². The largest absolute Gasteiger partial charge is 0.283 e. The summed E-state index contributed by atoms with van der Waals surface area (Å²) in [6.45, 7) is 0.336. The Hall–Kier alpha value is -0.710. The first-order valence-electron chi connectivity index (χ1n) is 5.63. The van der Waals surface area contributed by atoms with Crippen LogP contribution < -0.4 is 5.01 Å². The van der Waals surface area contributed by atoms with Crippen molar-refractivity contribution in [2.45, 2.75) is 4.33 Å². The average Bonchev–Trinajstić information content (AvgIpc) is 2.36. The van der Waals surface area contributed by atoms with Gasteiger partial charge in [-0.2, -0.15) is 0 Å². The number of alkyl halides is 3. The summed E-state index contributed by atoms with van der Waals surface area (Å²) in [5.74, 6) is -1.16. The fraction of sp³-hybridized carbons (Fsp3) is 0.417. The molecule has 1 amide bonds. The van der Waals surface area contributed by atoms with Crippen molar-refractivity contribution in [3.63, 3.8) is 0 Å². The predicted octanol–water partition coefficient (Wildman–Crippen LogP) is 3.05. The normalized spacial score (nSPS) is 22.8. The van der Waals surface area contributed by atoms with Crippen LogP contribution in [0.15, 0.2) is 24.3 Å². The molecule has 7 heteroatoms. The fourth-order valence-electron chi connectivity index (χ4n) is 2.01. The molecule has 1 aliphatic rings. The molecule has 1 heterocycles. The number of carbonyl (C=O) groups is 1. The van der Waals surface area contributed by atoms with Gasteiger partial charge in [0, 0.05) is 25.4 Å². The molecule has 0 aromatic heterocycles. The summed E-state index contributed by atoms with van der Waals surface area (Å²) in [6, 6.07) is 5.95. The molecular formula is C12H12Cl3FN2O. The molecule has 1 aliphatic heterocycles. The predicted molar refractivity (Wildman–Crippen MR) is 75.2 cm³/mol. The number of anilines is 1. The van der Waals surface area contributed by atoms with Crippen molar-refractivity contribution in [2.75, 3.05) is 24.5 Å². The Morgan fingerprint density at radius 3 is 2.74 bits per heavy atom. The third-order valence-electron chi connectivity index (χ3n) is 3.14. The van der Waals surface area contributed by atoms with E-state index < -0.39 is 16.2 Å². The number of hydrogen-bond donors (Lipinski definition) is 0. The molecule has 0 spiro atoms. The quantitative estimate of drug-likeness (QED) is 0.780. The Balaban J connectivity index is 2.35. The minimum Gasteiger partial charge on any atom is -0.283 e. The Labute approximate surface area is 125 Å². The van der Waals surface area contributed by atoms with Gasteiger partial charge >= 0.3 is 0 Å². The molecule has 1 aromatic rings. The Bertz CT molecular complexity index is 498. The highest BCUT2D eigenvalue weighted by molar-refractivity contribution is 6.58. The third kappa shape index (κ3) is 2.62. The zero-order valence-electron chi connectivity index (χ0n) is 10.1. The summed E-state index contributed by atoms with van der Waals surface area (Å²) in [6.07, 6.45) is 0. The van der Waals surface area contributed by atoms with E-state index in [1.54, 1.807) is 17.1 Å². The molecule has 1 aromatic carbocycles. The maximum Gasteiger partial charge on any atom is 0.277 e. The van der Waals surface area contributed by atoms with Gasteiger partial charge in [-0.25, -0.2) is 4.39 Å². The van der Waals surface area contributed by atoms with Gasteiger partial charge in [0.25, 0.3) is 5.91 Å². The molecule has 1 atom stereocenters. The van der Waals surface area contributed by atoms with Crippen molar-refractivity contribution in [2.24, 2.45) is 5.92 Å². The minimum atomic E-state index is -1.56. The van der Waals surface area contributed by atoms with Gasteiger partial charge in [-0.1, -0.05) is 29.3 Å². The molecule has 1 fully saturated rings. The Morgan fingerprint density at radius 1 is 1.47 bits per heavy atom. The van der Waals surface area contributed by atoms with Crippen LogP contribution in [0.3, 0.4) is 0 Å². The molecule has 0 bridgehead atoms. The number of nitrogens with zero attached hydrogens (tertiary/aromatic N) is 2. The summed E-state index contributed by atoms with van der Waals surface area (Å²) in [5.41, 5.74) is 0.551. The standard InChI is InChI=1S/C12H12Cl3FN2O/c1-17-11(19)12(14,15)8(6-13)7-18(17)10-4-2-3-9(16)5-10/h2-5,8H,6-7H2,1H3. The molecule has 104 valence electrons. The number of rotatable bonds is 2. The highest BCUT2D eigenvalue weighted by Gasteiger charge is 2.50. The van der Waals surface area contributed by atoms with E-state index in [4.69, 9.17) is 34.8 Å². The molecule has 0 N–H and O–H groups in total. The van der Waals surface area contributed by atoms with E-state index in [1.165, 1.54) is 24.2 Å². The van der Waals surface area contributed by atoms with E-state index in [-0.39, 0.29) is 11.7 Å². The highest BCUT2D eigenvalue weighted by atomic mass is 35.5. The number of hydrazine groups is 1. The molecule has 1 unspecified atom stereocenters. The van der Waals surface area contributed by atoms with Gasteiger partial charge in [-0.05, 0) is 18.2 Å². The summed E-state index contributed by atoms with van der Waals surface area (Å²) in [5, 5.41) is 2.90. The summed E-state index contributed by atoms with van der Waals surface area (Å²) in [7, 11) is 1.54. The lowest BCUT2D eigenvalue weighted by Crippen LogP contribution is -2.61. The summed E-state index contributed by atoms with van der Waals surface area (Å²) < 4.78 is 11.7. The van der Waals surface area contributed by atoms with Crippen LogP contribution in [0.5, 0.6) is 0 Å². The van der Waals surface area contributed by atoms with E-state index in [0.29, 0.717) is 12.2 Å². The van der Waals surface area contributed by atoms with Crippen molar-refractivity contribution in [1.82, 2.24) is 5.01 Å². The van der Waals surface area contributed by atoms with Crippen LogP contribution in [0, 0.1) is 11.7 Å². The molecule has 3 nitrogen and oxygen atoms in total. The lowest BCUT2D eigenvalue weighted by atomic mass is 10.0. The van der Waals surface area contributed by atoms with Gasteiger partial charge in [0.05, 0.1) is 5.69 Å². The lowest BCUT2D eigenvalue weighted by Gasteiger charge is -2.45. The molecule has 0 saturated carbocycles. The first-order chi connectivity index (χ1) is 8.87. The maximum atomic E-state index is 13.3. The van der Waals surface area contributed by atoms with Crippen LogP contribution in [0.1, 0.15) is 0 Å². The number of amides is 1. The highest BCUT2D eigenvalue weighted by Crippen LogP contribution is 2.39. The first kappa shape index (κ1) is 14.7. The van der Waals surface area contributed by atoms with Crippen molar-refractivity contribution < 1.29 is 9.18 Å². The van der Waals surface area contributed by atoms with Crippen LogP contribution in [0.25, 0.3) is 0 Å². The van der Waals surface area contributed by atoms with E-state index in [9.17, 15) is 9.18 Å². The average molecular weight is 326 g/mol. The van der Waals surface area contributed by atoms with Crippen molar-refractivity contribution >= 4 is 46.4 Å². The van der Waals surface area contributed by atoms with Crippen molar-refractivity contribution in [3.8, 4) is 0 Å². The van der Waals surface area contributed by atoms with Gasteiger partial charge in [-0.3, -0.25) is 14.8 Å². The summed E-state index contributed by atoms with van der Waals surface area (Å²) >= 11 is 17.9. The second-order valence-corrected chi connectivity index (χ2v) is 6.06. The van der Waals surface area contributed by atoms with Gasteiger partial charge in [-0.15, -0.1) is 11.6 Å². The number of hydrogen-bond acceptors (Lipinski definition) is 2. The first-order valence-corrected chi connectivity index (χ1v) is 6.92. The van der Waals surface area contributed by atoms with Crippen molar-refractivity contribution in [1.29, 1.82) is 0 Å². The van der Waals surface area contributed by atoms with Crippen LogP contribution in [0.2, 0.25) is 0 Å². The SMILES string of the molecule is CN1C(=O)C(Cl)(Cl)C(CCl)CN1c1cccc(F)c1. The third-order valence-corrected chi connectivity index (χ3v) is 4.45. The number of benzene rings is 1. The van der Waals surface area contributed by atoms with Crippen LogP contribution in [-0.4, -0.2) is 34.7 Å². The van der Waals surface area contributed by atoms with Gasteiger partial charge < -0.3 is 0 Å². The summed E-state index contributed by atoms with van der Waals surface area (Å²) in [4.78, 5) is 12.2. The molecule has 1 saturated heterocycles. The molecule has 0 radical (unpaired) electrons. The Kier molecular flexibility index (Phi) is 4.14. The smallest absolute Gasteiger partial charge is 0.277 e. The van der Waals surface area contributed by atoms with E-state index in [1.807, 2.05) is 0 Å². The maximum absolute atomic E-state index is 13.3. The topological polar surface area (TPSA) is 23.6 Å². The molecule has 19 heavy (non-hydrogen) atoms. The van der Waals surface area contributed by atoms with Crippen LogP contribution in [-0.2, 0) is 4.79 Å². The lowest BCUT2D eigenvalue weighted by molar-refractivity contribution is -0.134. The Morgan fingerprint density at radius 2 is 2.16 bits per heavy atom. The van der Waals surface area contributed by atoms with Gasteiger partial charge in [0.15, 0.2) is 0 Å². The van der Waals surface area contributed by atoms with Gasteiger partial charge in [0.2, 0.25) is 4.33 Å². The fourth-order valence-corrected chi connectivity index (χ4v) is 3.03. The number of carbonyl (C=O) groups excluding carboxylic acids is 1. The monoisotopic (exact) mass is 324 g/mol. The van der Waals surface area contributed by atoms with Crippen LogP contribution in [0.4, 0.5) is 10.1 Å². The van der Waals surface area contributed by atoms with Crippen LogP contribution >= 0.6 is 34.8 Å². The zero-order chi connectivity index (χ0) is 14.2.